The molecule has 0 saturated carbocycles. The van der Waals surface area contributed by atoms with Crippen LogP contribution in [0.15, 0.2) is 0 Å². The number of nitrogens with zero attached hydrogens (tertiary/aromatic N) is 1. The number of rotatable bonds is 6. The molecular formula is C10H18N2O5. The molecule has 0 aromatic rings. The lowest BCUT2D eigenvalue weighted by molar-refractivity contribution is -0.143. The minimum Gasteiger partial charge on any atom is -0.480 e. The molecule has 98 valence electrons. The van der Waals surface area contributed by atoms with Crippen molar-refractivity contribution >= 4 is 18.0 Å². The summed E-state index contributed by atoms with van der Waals surface area (Å²) in [7, 11) is 1.48. The number of ether oxygens (including phenoxy) is 1. The van der Waals surface area contributed by atoms with Crippen molar-refractivity contribution in [3.8, 4) is 0 Å². The highest BCUT2D eigenvalue weighted by atomic mass is 16.5. The Morgan fingerprint density at radius 3 is 2.47 bits per heavy atom. The quantitative estimate of drug-likeness (QED) is 0.646. The monoisotopic (exact) mass is 246 g/mol. The Bertz CT molecular complexity index is 292. The van der Waals surface area contributed by atoms with E-state index in [2.05, 4.69) is 5.32 Å². The van der Waals surface area contributed by atoms with Gasteiger partial charge in [-0.25, -0.2) is 4.79 Å². The molecule has 0 heterocycles. The van der Waals surface area contributed by atoms with Gasteiger partial charge in [-0.3, -0.25) is 9.59 Å². The normalized spacial score (nSPS) is 11.5. The van der Waals surface area contributed by atoms with E-state index in [9.17, 15) is 14.4 Å². The first-order valence-corrected chi connectivity index (χ1v) is 5.28. The Balaban J connectivity index is 3.97. The summed E-state index contributed by atoms with van der Waals surface area (Å²) in [5.74, 6) is -1.50. The molecule has 0 aliphatic rings. The van der Waals surface area contributed by atoms with Crippen molar-refractivity contribution in [3.05, 3.63) is 0 Å². The second-order valence-electron chi connectivity index (χ2n) is 3.49. The third kappa shape index (κ3) is 6.39. The van der Waals surface area contributed by atoms with Crippen molar-refractivity contribution in [3.63, 3.8) is 0 Å². The molecule has 7 heteroatoms. The molecule has 0 bridgehead atoms. The van der Waals surface area contributed by atoms with Crippen molar-refractivity contribution in [2.45, 2.75) is 26.3 Å². The topological polar surface area (TPSA) is 95.9 Å². The second-order valence-corrected chi connectivity index (χ2v) is 3.49. The van der Waals surface area contributed by atoms with E-state index in [-0.39, 0.29) is 13.0 Å². The number of carbonyl (C=O) groups is 3. The van der Waals surface area contributed by atoms with Gasteiger partial charge in [0.2, 0.25) is 0 Å². The van der Waals surface area contributed by atoms with Gasteiger partial charge in [0.05, 0.1) is 13.0 Å². The molecule has 0 aromatic heterocycles. The van der Waals surface area contributed by atoms with Gasteiger partial charge in [-0.15, -0.1) is 0 Å². The minimum atomic E-state index is -1.11. The number of amides is 2. The summed E-state index contributed by atoms with van der Waals surface area (Å²) in [5.41, 5.74) is 0. The first-order valence-electron chi connectivity index (χ1n) is 5.28. The number of nitrogens with one attached hydrogen (secondary N) is 1. The summed E-state index contributed by atoms with van der Waals surface area (Å²) in [5, 5.41) is 10.9. The van der Waals surface area contributed by atoms with E-state index in [1.807, 2.05) is 0 Å². The summed E-state index contributed by atoms with van der Waals surface area (Å²) in [4.78, 5) is 34.2. The van der Waals surface area contributed by atoms with E-state index >= 15 is 0 Å². The maximum atomic E-state index is 11.4. The van der Waals surface area contributed by atoms with Crippen LogP contribution in [-0.2, 0) is 14.3 Å². The van der Waals surface area contributed by atoms with Gasteiger partial charge in [-0.1, -0.05) is 0 Å². The van der Waals surface area contributed by atoms with Crippen molar-refractivity contribution in [1.29, 1.82) is 0 Å². The van der Waals surface area contributed by atoms with Crippen LogP contribution in [0.4, 0.5) is 4.79 Å². The number of aliphatic carboxylic acids is 1. The number of hydrogen-bond donors (Lipinski definition) is 2. The lowest BCUT2D eigenvalue weighted by atomic mass is 10.3. The molecular weight excluding hydrogens is 228 g/mol. The van der Waals surface area contributed by atoms with Crippen molar-refractivity contribution in [1.82, 2.24) is 10.2 Å². The van der Waals surface area contributed by atoms with Gasteiger partial charge in [-0.2, -0.15) is 0 Å². The summed E-state index contributed by atoms with van der Waals surface area (Å²) in [6, 6.07) is -1.50. The molecule has 0 spiro atoms. The first-order chi connectivity index (χ1) is 7.88. The number of carboxylic acids is 1. The Hall–Kier alpha value is -1.79. The summed E-state index contributed by atoms with van der Waals surface area (Å²) in [6.45, 7) is 3.53. The number of hydrogen-bond acceptors (Lipinski definition) is 4. The average Bonchev–Trinajstić information content (AvgIpc) is 2.25. The fourth-order valence-electron chi connectivity index (χ4n) is 0.951. The lowest BCUT2D eigenvalue weighted by Gasteiger charge is -2.19. The molecule has 2 N–H and O–H groups in total. The van der Waals surface area contributed by atoms with Crippen molar-refractivity contribution in [2.24, 2.45) is 0 Å². The van der Waals surface area contributed by atoms with Gasteiger partial charge >= 0.3 is 18.0 Å². The van der Waals surface area contributed by atoms with Gasteiger partial charge in [0, 0.05) is 13.6 Å². The zero-order chi connectivity index (χ0) is 13.4. The zero-order valence-electron chi connectivity index (χ0n) is 10.2. The van der Waals surface area contributed by atoms with Crippen LogP contribution in [0.5, 0.6) is 0 Å². The maximum Gasteiger partial charge on any atom is 0.325 e. The summed E-state index contributed by atoms with van der Waals surface area (Å²) < 4.78 is 4.70. The Kier molecular flexibility index (Phi) is 6.69. The molecule has 7 nitrogen and oxygen atoms in total. The predicted molar refractivity (Wildman–Crippen MR) is 59.5 cm³/mol. The molecule has 17 heavy (non-hydrogen) atoms. The SMILES string of the molecule is CCOC(=O)CCN(C)C(=O)N[C@H](C)C(=O)O. The van der Waals surface area contributed by atoms with Crippen LogP contribution in [0.1, 0.15) is 20.3 Å². The molecule has 0 aliphatic carbocycles. The fourth-order valence-corrected chi connectivity index (χ4v) is 0.951. The number of carbonyl (C=O) groups excluding carboxylic acids is 2. The van der Waals surface area contributed by atoms with Gasteiger partial charge in [0.1, 0.15) is 6.04 Å². The van der Waals surface area contributed by atoms with Gasteiger partial charge < -0.3 is 20.1 Å². The Morgan fingerprint density at radius 1 is 1.41 bits per heavy atom. The van der Waals surface area contributed by atoms with Crippen LogP contribution in [0, 0.1) is 0 Å². The Labute approximate surface area is 99.7 Å². The first kappa shape index (κ1) is 15.2. The van der Waals surface area contributed by atoms with E-state index < -0.39 is 24.0 Å². The van der Waals surface area contributed by atoms with Gasteiger partial charge in [0.25, 0.3) is 0 Å². The van der Waals surface area contributed by atoms with E-state index in [1.54, 1.807) is 6.92 Å². The molecule has 0 unspecified atom stereocenters. The van der Waals surface area contributed by atoms with E-state index in [0.717, 1.165) is 0 Å². The third-order valence-corrected chi connectivity index (χ3v) is 2.01. The van der Waals surface area contributed by atoms with Crippen LogP contribution in [-0.4, -0.2) is 54.2 Å². The largest absolute Gasteiger partial charge is 0.480 e. The van der Waals surface area contributed by atoms with Crippen molar-refractivity contribution < 1.29 is 24.2 Å². The smallest absolute Gasteiger partial charge is 0.325 e. The predicted octanol–water partition coefficient (Wildman–Crippen LogP) is 0.0541. The number of esters is 1. The average molecular weight is 246 g/mol. The molecule has 0 fully saturated rings. The molecule has 0 rings (SSSR count). The number of urea groups is 1. The lowest BCUT2D eigenvalue weighted by Crippen LogP contribution is -2.45. The van der Waals surface area contributed by atoms with Crippen LogP contribution in [0.25, 0.3) is 0 Å². The van der Waals surface area contributed by atoms with Crippen LogP contribution in [0.3, 0.4) is 0 Å². The standard InChI is InChI=1S/C10H18N2O5/c1-4-17-8(13)5-6-12(3)10(16)11-7(2)9(14)15/h7H,4-6H2,1-3H3,(H,11,16)(H,14,15)/t7-/m1/s1. The maximum absolute atomic E-state index is 11.4. The molecule has 1 atom stereocenters. The van der Waals surface area contributed by atoms with E-state index in [4.69, 9.17) is 9.84 Å². The Morgan fingerprint density at radius 2 is 2.00 bits per heavy atom. The van der Waals surface area contributed by atoms with Crippen molar-refractivity contribution in [2.75, 3.05) is 20.2 Å². The second kappa shape index (κ2) is 7.48. The van der Waals surface area contributed by atoms with Crippen LogP contribution >= 0.6 is 0 Å². The van der Waals surface area contributed by atoms with Gasteiger partial charge in [0.15, 0.2) is 0 Å². The summed E-state index contributed by atoms with van der Waals surface area (Å²) in [6.07, 6.45) is 0.0826. The molecule has 0 aromatic carbocycles. The highest BCUT2D eigenvalue weighted by molar-refractivity contribution is 5.82. The van der Waals surface area contributed by atoms with Gasteiger partial charge in [-0.05, 0) is 13.8 Å². The molecule has 0 radical (unpaired) electrons. The molecule has 0 aliphatic heterocycles. The summed E-state index contributed by atoms with van der Waals surface area (Å²) >= 11 is 0. The van der Waals surface area contributed by atoms with E-state index in [1.165, 1.54) is 18.9 Å². The third-order valence-electron chi connectivity index (χ3n) is 2.01. The highest BCUT2D eigenvalue weighted by Crippen LogP contribution is 1.93. The fraction of sp³-hybridized carbons (Fsp3) is 0.700. The highest BCUT2D eigenvalue weighted by Gasteiger charge is 2.17. The molecule has 0 saturated heterocycles. The zero-order valence-corrected chi connectivity index (χ0v) is 10.2. The number of carboxylic acid groups (broad SMARTS) is 1. The van der Waals surface area contributed by atoms with Crippen LogP contribution in [0.2, 0.25) is 0 Å². The van der Waals surface area contributed by atoms with E-state index in [0.29, 0.717) is 6.61 Å². The van der Waals surface area contributed by atoms with Crippen LogP contribution < -0.4 is 5.32 Å². The molecule has 2 amide bonds. The minimum absolute atomic E-state index is 0.0826.